The maximum atomic E-state index is 12.2. The standard InChI is InChI=1S/C19H17ClN2O6/c1-11(18(24)22-14-6-7-15-16(8-14)27-10-26-15)28-17(23)9-21-19(25)12-2-4-13(20)5-3-12/h2-8,11H,9-10H2,1H3,(H,21,25)(H,22,24). The topological polar surface area (TPSA) is 103 Å². The van der Waals surface area contributed by atoms with Crippen LogP contribution in [0.25, 0.3) is 0 Å². The average Bonchev–Trinajstić information content (AvgIpc) is 3.14. The summed E-state index contributed by atoms with van der Waals surface area (Å²) < 4.78 is 15.5. The molecule has 8 nitrogen and oxygen atoms in total. The van der Waals surface area contributed by atoms with E-state index >= 15 is 0 Å². The number of benzene rings is 2. The van der Waals surface area contributed by atoms with Crippen LogP contribution in [0.3, 0.4) is 0 Å². The van der Waals surface area contributed by atoms with Crippen molar-refractivity contribution in [2.45, 2.75) is 13.0 Å². The van der Waals surface area contributed by atoms with Gasteiger partial charge in [0.25, 0.3) is 11.8 Å². The first-order valence-electron chi connectivity index (χ1n) is 8.36. The molecule has 1 heterocycles. The van der Waals surface area contributed by atoms with E-state index in [-0.39, 0.29) is 13.3 Å². The highest BCUT2D eigenvalue weighted by Crippen LogP contribution is 2.34. The number of halogens is 1. The zero-order valence-electron chi connectivity index (χ0n) is 14.9. The summed E-state index contributed by atoms with van der Waals surface area (Å²) in [7, 11) is 0. The molecular formula is C19H17ClN2O6. The molecular weight excluding hydrogens is 388 g/mol. The molecule has 1 unspecified atom stereocenters. The van der Waals surface area contributed by atoms with Gasteiger partial charge in [0.05, 0.1) is 0 Å². The Bertz CT molecular complexity index is 900. The van der Waals surface area contributed by atoms with Crippen LogP contribution in [0.4, 0.5) is 5.69 Å². The smallest absolute Gasteiger partial charge is 0.326 e. The summed E-state index contributed by atoms with van der Waals surface area (Å²) in [6, 6.07) is 11.1. The zero-order chi connectivity index (χ0) is 20.1. The predicted octanol–water partition coefficient (Wildman–Crippen LogP) is 2.37. The molecule has 0 radical (unpaired) electrons. The average molecular weight is 405 g/mol. The van der Waals surface area contributed by atoms with Crippen molar-refractivity contribution >= 4 is 35.1 Å². The molecule has 0 fully saturated rings. The van der Waals surface area contributed by atoms with Crippen molar-refractivity contribution in [1.82, 2.24) is 5.32 Å². The van der Waals surface area contributed by atoms with Gasteiger partial charge in [0.1, 0.15) is 6.54 Å². The normalized spacial score (nSPS) is 12.8. The fourth-order valence-corrected chi connectivity index (χ4v) is 2.49. The number of esters is 1. The minimum absolute atomic E-state index is 0.127. The van der Waals surface area contributed by atoms with Gasteiger partial charge in [0, 0.05) is 22.3 Å². The van der Waals surface area contributed by atoms with E-state index in [1.54, 1.807) is 30.3 Å². The van der Waals surface area contributed by atoms with Crippen LogP contribution in [0.2, 0.25) is 5.02 Å². The summed E-state index contributed by atoms with van der Waals surface area (Å²) in [6.07, 6.45) is -1.05. The second-order valence-electron chi connectivity index (χ2n) is 5.88. The van der Waals surface area contributed by atoms with E-state index < -0.39 is 23.9 Å². The molecule has 2 aromatic rings. The number of hydrogen-bond donors (Lipinski definition) is 2. The number of carbonyl (C=O) groups is 3. The molecule has 2 N–H and O–H groups in total. The van der Waals surface area contributed by atoms with Crippen LogP contribution >= 0.6 is 11.6 Å². The van der Waals surface area contributed by atoms with Crippen LogP contribution in [0.1, 0.15) is 17.3 Å². The maximum Gasteiger partial charge on any atom is 0.326 e. The van der Waals surface area contributed by atoms with Crippen LogP contribution in [0.5, 0.6) is 11.5 Å². The third-order valence-corrected chi connectivity index (χ3v) is 4.07. The molecule has 0 aromatic heterocycles. The van der Waals surface area contributed by atoms with Crippen LogP contribution in [-0.2, 0) is 14.3 Å². The Hall–Kier alpha value is -3.26. The molecule has 28 heavy (non-hydrogen) atoms. The van der Waals surface area contributed by atoms with E-state index in [1.165, 1.54) is 19.1 Å². The molecule has 1 aliphatic heterocycles. The van der Waals surface area contributed by atoms with E-state index in [1.807, 2.05) is 0 Å². The highest BCUT2D eigenvalue weighted by Gasteiger charge is 2.20. The lowest BCUT2D eigenvalue weighted by molar-refractivity contribution is -0.152. The Balaban J connectivity index is 1.46. The summed E-state index contributed by atoms with van der Waals surface area (Å²) in [6.45, 7) is 1.19. The third kappa shape index (κ3) is 4.92. The number of anilines is 1. The first-order chi connectivity index (χ1) is 13.4. The molecule has 0 aliphatic carbocycles. The molecule has 0 saturated carbocycles. The van der Waals surface area contributed by atoms with Gasteiger partial charge in [-0.25, -0.2) is 0 Å². The largest absolute Gasteiger partial charge is 0.454 e. The van der Waals surface area contributed by atoms with Crippen LogP contribution < -0.4 is 20.1 Å². The first kappa shape index (κ1) is 19.5. The van der Waals surface area contributed by atoms with Gasteiger partial charge in [-0.1, -0.05) is 11.6 Å². The Kier molecular flexibility index (Phi) is 6.00. The van der Waals surface area contributed by atoms with Gasteiger partial charge in [-0.15, -0.1) is 0 Å². The number of ether oxygens (including phenoxy) is 3. The van der Waals surface area contributed by atoms with E-state index in [9.17, 15) is 14.4 Å². The van der Waals surface area contributed by atoms with Crippen LogP contribution in [0, 0.1) is 0 Å². The molecule has 3 rings (SSSR count). The van der Waals surface area contributed by atoms with E-state index in [4.69, 9.17) is 25.8 Å². The van der Waals surface area contributed by atoms with Crippen molar-refractivity contribution < 1.29 is 28.6 Å². The second-order valence-corrected chi connectivity index (χ2v) is 6.32. The molecule has 2 aromatic carbocycles. The number of hydrogen-bond acceptors (Lipinski definition) is 6. The summed E-state index contributed by atoms with van der Waals surface area (Å²) in [5.41, 5.74) is 0.832. The van der Waals surface area contributed by atoms with Crippen molar-refractivity contribution in [2.24, 2.45) is 0 Å². The Morgan fingerprint density at radius 3 is 2.57 bits per heavy atom. The highest BCUT2D eigenvalue weighted by atomic mass is 35.5. The third-order valence-electron chi connectivity index (χ3n) is 3.82. The second kappa shape index (κ2) is 8.62. The first-order valence-corrected chi connectivity index (χ1v) is 8.74. The lowest BCUT2D eigenvalue weighted by Gasteiger charge is -2.14. The van der Waals surface area contributed by atoms with Gasteiger partial charge in [0.2, 0.25) is 6.79 Å². The van der Waals surface area contributed by atoms with E-state index in [0.717, 1.165) is 0 Å². The van der Waals surface area contributed by atoms with Gasteiger partial charge in [-0.3, -0.25) is 14.4 Å². The Morgan fingerprint density at radius 2 is 1.82 bits per heavy atom. The SMILES string of the molecule is CC(OC(=O)CNC(=O)c1ccc(Cl)cc1)C(=O)Nc1ccc2c(c1)OCO2. The van der Waals surface area contributed by atoms with Crippen molar-refractivity contribution in [3.05, 3.63) is 53.1 Å². The lowest BCUT2D eigenvalue weighted by atomic mass is 10.2. The quantitative estimate of drug-likeness (QED) is 0.716. The van der Waals surface area contributed by atoms with Crippen LogP contribution in [-0.4, -0.2) is 37.2 Å². The summed E-state index contributed by atoms with van der Waals surface area (Å²) in [5.74, 6) is -0.598. The highest BCUT2D eigenvalue weighted by molar-refractivity contribution is 6.30. The number of fused-ring (bicyclic) bond motifs is 1. The van der Waals surface area contributed by atoms with Gasteiger partial charge in [0.15, 0.2) is 17.6 Å². The maximum absolute atomic E-state index is 12.2. The minimum atomic E-state index is -1.05. The molecule has 0 spiro atoms. The number of nitrogens with one attached hydrogen (secondary N) is 2. The minimum Gasteiger partial charge on any atom is -0.454 e. The lowest BCUT2D eigenvalue weighted by Crippen LogP contribution is -2.35. The summed E-state index contributed by atoms with van der Waals surface area (Å²) in [5, 5.41) is 5.54. The predicted molar refractivity (Wildman–Crippen MR) is 101 cm³/mol. The van der Waals surface area contributed by atoms with Gasteiger partial charge in [-0.05, 0) is 43.3 Å². The van der Waals surface area contributed by atoms with Crippen molar-refractivity contribution in [3.63, 3.8) is 0 Å². The molecule has 146 valence electrons. The summed E-state index contributed by atoms with van der Waals surface area (Å²) in [4.78, 5) is 36.0. The fraction of sp³-hybridized carbons (Fsp3) is 0.211. The molecule has 0 bridgehead atoms. The van der Waals surface area contributed by atoms with E-state index in [2.05, 4.69) is 10.6 Å². The molecule has 1 atom stereocenters. The fourth-order valence-electron chi connectivity index (χ4n) is 2.37. The number of carbonyl (C=O) groups excluding carboxylic acids is 3. The van der Waals surface area contributed by atoms with Gasteiger partial charge in [-0.2, -0.15) is 0 Å². The Morgan fingerprint density at radius 1 is 1.11 bits per heavy atom. The molecule has 2 amide bonds. The monoisotopic (exact) mass is 404 g/mol. The number of amides is 2. The number of rotatable bonds is 6. The Labute approximate surface area is 165 Å². The zero-order valence-corrected chi connectivity index (χ0v) is 15.6. The van der Waals surface area contributed by atoms with Crippen LogP contribution in [0.15, 0.2) is 42.5 Å². The van der Waals surface area contributed by atoms with Crippen molar-refractivity contribution in [1.29, 1.82) is 0 Å². The van der Waals surface area contributed by atoms with Gasteiger partial charge >= 0.3 is 5.97 Å². The molecule has 1 aliphatic rings. The summed E-state index contributed by atoms with van der Waals surface area (Å²) >= 11 is 5.76. The molecule has 0 saturated heterocycles. The van der Waals surface area contributed by atoms with Crippen molar-refractivity contribution in [2.75, 3.05) is 18.7 Å². The van der Waals surface area contributed by atoms with E-state index in [0.29, 0.717) is 27.8 Å². The molecule has 9 heteroatoms. The van der Waals surface area contributed by atoms with Crippen molar-refractivity contribution in [3.8, 4) is 11.5 Å². The van der Waals surface area contributed by atoms with Gasteiger partial charge < -0.3 is 24.8 Å².